The predicted octanol–water partition coefficient (Wildman–Crippen LogP) is 2.93. The minimum absolute atomic E-state index is 0.115. The average Bonchev–Trinajstić information content (AvgIpc) is 2.73. The number of nitrogens with one attached hydrogen (secondary N) is 1. The Kier molecular flexibility index (Phi) is 8.79. The van der Waals surface area contributed by atoms with Crippen molar-refractivity contribution in [1.82, 2.24) is 14.5 Å². The van der Waals surface area contributed by atoms with Gasteiger partial charge in [0.1, 0.15) is 6.04 Å². The molecule has 0 aromatic heterocycles. The summed E-state index contributed by atoms with van der Waals surface area (Å²) in [6, 6.07) is 13.1. The van der Waals surface area contributed by atoms with Gasteiger partial charge in [0, 0.05) is 24.6 Å². The van der Waals surface area contributed by atoms with Crippen LogP contribution in [0, 0.1) is 6.92 Å². The molecule has 0 radical (unpaired) electrons. The Morgan fingerprint density at radius 1 is 1.06 bits per heavy atom. The lowest BCUT2D eigenvalue weighted by atomic mass is 10.1. The molecule has 0 bridgehead atoms. The number of benzene rings is 2. The van der Waals surface area contributed by atoms with Gasteiger partial charge in [-0.15, -0.1) is 0 Å². The largest absolute Gasteiger partial charge is 0.355 e. The van der Waals surface area contributed by atoms with Crippen molar-refractivity contribution in [3.8, 4) is 0 Å². The molecule has 2 rings (SSSR count). The van der Waals surface area contributed by atoms with E-state index in [-0.39, 0.29) is 23.9 Å². The summed E-state index contributed by atoms with van der Waals surface area (Å²) >= 11 is 3.38. The SMILES string of the molecule is CCNC(=O)[C@@H](C)N(Cc1ccc(Br)cc1)C(=O)CN(C)S(=O)(=O)c1ccc(C)cc1. The zero-order valence-electron chi connectivity index (χ0n) is 18.1. The monoisotopic (exact) mass is 509 g/mol. The first kappa shape index (κ1) is 25.0. The number of aryl methyl sites for hydroxylation is 1. The van der Waals surface area contributed by atoms with E-state index in [9.17, 15) is 18.0 Å². The van der Waals surface area contributed by atoms with E-state index in [1.54, 1.807) is 26.0 Å². The van der Waals surface area contributed by atoms with Gasteiger partial charge in [-0.05, 0) is 50.6 Å². The summed E-state index contributed by atoms with van der Waals surface area (Å²) in [5.74, 6) is -0.753. The Hall–Kier alpha value is -2.23. The highest BCUT2D eigenvalue weighted by Crippen LogP contribution is 2.17. The number of sulfonamides is 1. The smallest absolute Gasteiger partial charge is 0.243 e. The number of rotatable bonds is 9. The lowest BCUT2D eigenvalue weighted by molar-refractivity contribution is -0.140. The van der Waals surface area contributed by atoms with Crippen LogP contribution in [0.1, 0.15) is 25.0 Å². The van der Waals surface area contributed by atoms with Crippen LogP contribution >= 0.6 is 15.9 Å². The van der Waals surface area contributed by atoms with Gasteiger partial charge in [-0.1, -0.05) is 45.8 Å². The Labute approximate surface area is 192 Å². The highest BCUT2D eigenvalue weighted by atomic mass is 79.9. The summed E-state index contributed by atoms with van der Waals surface area (Å²) in [6.07, 6.45) is 0. The number of carbonyl (C=O) groups excluding carboxylic acids is 2. The molecule has 168 valence electrons. The molecular weight excluding hydrogens is 482 g/mol. The lowest BCUT2D eigenvalue weighted by Crippen LogP contribution is -2.50. The zero-order valence-corrected chi connectivity index (χ0v) is 20.5. The summed E-state index contributed by atoms with van der Waals surface area (Å²) in [7, 11) is -2.48. The summed E-state index contributed by atoms with van der Waals surface area (Å²) < 4.78 is 27.7. The second-order valence-corrected chi connectivity index (χ2v) is 10.3. The molecule has 2 amide bonds. The van der Waals surface area contributed by atoms with Crippen molar-refractivity contribution >= 4 is 37.8 Å². The summed E-state index contributed by atoms with van der Waals surface area (Å²) in [5, 5.41) is 2.72. The van der Waals surface area contributed by atoms with E-state index in [4.69, 9.17) is 0 Å². The fourth-order valence-corrected chi connectivity index (χ4v) is 4.33. The quantitative estimate of drug-likeness (QED) is 0.562. The van der Waals surface area contributed by atoms with Crippen LogP contribution in [0.2, 0.25) is 0 Å². The molecule has 0 saturated carbocycles. The molecule has 0 aliphatic carbocycles. The number of hydrogen-bond acceptors (Lipinski definition) is 4. The summed E-state index contributed by atoms with van der Waals surface area (Å²) in [5.41, 5.74) is 1.77. The van der Waals surface area contributed by atoms with Crippen LogP contribution in [0.4, 0.5) is 0 Å². The van der Waals surface area contributed by atoms with Crippen LogP contribution in [0.3, 0.4) is 0 Å². The summed E-state index contributed by atoms with van der Waals surface area (Å²) in [4.78, 5) is 27.1. The first-order valence-corrected chi connectivity index (χ1v) is 12.1. The first-order valence-electron chi connectivity index (χ1n) is 9.91. The molecule has 7 nitrogen and oxygen atoms in total. The molecule has 0 heterocycles. The van der Waals surface area contributed by atoms with Crippen molar-refractivity contribution in [3.05, 3.63) is 64.1 Å². The Balaban J connectivity index is 2.25. The number of amides is 2. The second-order valence-electron chi connectivity index (χ2n) is 7.29. The Bertz CT molecular complexity index is 1010. The molecule has 2 aromatic carbocycles. The predicted molar refractivity (Wildman–Crippen MR) is 124 cm³/mol. The normalized spacial score (nSPS) is 12.5. The molecule has 0 spiro atoms. The van der Waals surface area contributed by atoms with E-state index in [0.717, 1.165) is 19.9 Å². The van der Waals surface area contributed by atoms with E-state index < -0.39 is 22.0 Å². The number of carbonyl (C=O) groups is 2. The average molecular weight is 510 g/mol. The molecule has 0 saturated heterocycles. The number of hydrogen-bond donors (Lipinski definition) is 1. The third kappa shape index (κ3) is 6.62. The maximum atomic E-state index is 13.1. The minimum Gasteiger partial charge on any atom is -0.355 e. The van der Waals surface area contributed by atoms with E-state index in [1.165, 1.54) is 24.1 Å². The van der Waals surface area contributed by atoms with Gasteiger partial charge in [-0.2, -0.15) is 4.31 Å². The standard InChI is InChI=1S/C22H28BrN3O4S/c1-5-24-22(28)17(3)26(14-18-8-10-19(23)11-9-18)21(27)15-25(4)31(29,30)20-12-6-16(2)7-13-20/h6-13,17H,5,14-15H2,1-4H3,(H,24,28)/t17-/m1/s1. The van der Waals surface area contributed by atoms with Crippen LogP contribution in [-0.2, 0) is 26.2 Å². The first-order chi connectivity index (χ1) is 14.6. The molecule has 1 N–H and O–H groups in total. The zero-order chi connectivity index (χ0) is 23.2. The van der Waals surface area contributed by atoms with Gasteiger partial charge >= 0.3 is 0 Å². The maximum absolute atomic E-state index is 13.1. The fraction of sp³-hybridized carbons (Fsp3) is 0.364. The molecule has 0 aliphatic heterocycles. The molecular formula is C22H28BrN3O4S. The maximum Gasteiger partial charge on any atom is 0.243 e. The van der Waals surface area contributed by atoms with E-state index >= 15 is 0 Å². The molecule has 0 unspecified atom stereocenters. The number of nitrogens with zero attached hydrogens (tertiary/aromatic N) is 2. The van der Waals surface area contributed by atoms with Crippen molar-refractivity contribution in [3.63, 3.8) is 0 Å². The molecule has 2 aromatic rings. The molecule has 1 atom stereocenters. The van der Waals surface area contributed by atoms with E-state index in [0.29, 0.717) is 6.54 Å². The van der Waals surface area contributed by atoms with Gasteiger partial charge in [-0.25, -0.2) is 8.42 Å². The fourth-order valence-electron chi connectivity index (χ4n) is 2.95. The van der Waals surface area contributed by atoms with E-state index in [2.05, 4.69) is 21.2 Å². The van der Waals surface area contributed by atoms with Crippen molar-refractivity contribution in [2.24, 2.45) is 0 Å². The lowest BCUT2D eigenvalue weighted by Gasteiger charge is -2.30. The Morgan fingerprint density at radius 2 is 1.65 bits per heavy atom. The molecule has 0 aliphatic rings. The molecule has 31 heavy (non-hydrogen) atoms. The van der Waals surface area contributed by atoms with Crippen LogP contribution in [0.15, 0.2) is 57.9 Å². The topological polar surface area (TPSA) is 86.8 Å². The highest BCUT2D eigenvalue weighted by Gasteiger charge is 2.30. The molecule has 0 fully saturated rings. The van der Waals surface area contributed by atoms with Gasteiger partial charge in [0.05, 0.1) is 11.4 Å². The van der Waals surface area contributed by atoms with Crippen molar-refractivity contribution in [2.75, 3.05) is 20.1 Å². The van der Waals surface area contributed by atoms with E-state index in [1.807, 2.05) is 31.2 Å². The third-order valence-corrected chi connectivity index (χ3v) is 7.22. The van der Waals surface area contributed by atoms with Crippen LogP contribution in [0.5, 0.6) is 0 Å². The van der Waals surface area contributed by atoms with Gasteiger partial charge in [0.15, 0.2) is 0 Å². The number of likely N-dealkylation sites (N-methyl/N-ethyl adjacent to an activating group) is 2. The highest BCUT2D eigenvalue weighted by molar-refractivity contribution is 9.10. The van der Waals surface area contributed by atoms with Gasteiger partial charge < -0.3 is 10.2 Å². The minimum atomic E-state index is -3.84. The van der Waals surface area contributed by atoms with Crippen LogP contribution in [-0.4, -0.2) is 55.6 Å². The van der Waals surface area contributed by atoms with Crippen LogP contribution < -0.4 is 5.32 Å². The van der Waals surface area contributed by atoms with Crippen LogP contribution in [0.25, 0.3) is 0 Å². The summed E-state index contributed by atoms with van der Waals surface area (Å²) in [6.45, 7) is 5.54. The third-order valence-electron chi connectivity index (χ3n) is 4.87. The van der Waals surface area contributed by atoms with Gasteiger partial charge in [-0.3, -0.25) is 9.59 Å². The van der Waals surface area contributed by atoms with Crippen molar-refractivity contribution < 1.29 is 18.0 Å². The number of halogens is 1. The Morgan fingerprint density at radius 3 is 2.19 bits per heavy atom. The van der Waals surface area contributed by atoms with Crippen molar-refractivity contribution in [2.45, 2.75) is 38.3 Å². The second kappa shape index (κ2) is 10.9. The van der Waals surface area contributed by atoms with Crippen molar-refractivity contribution in [1.29, 1.82) is 0 Å². The van der Waals surface area contributed by atoms with Gasteiger partial charge in [0.2, 0.25) is 21.8 Å². The molecule has 9 heteroatoms. The van der Waals surface area contributed by atoms with Gasteiger partial charge in [0.25, 0.3) is 0 Å².